The molecule has 0 aliphatic heterocycles. The monoisotopic (exact) mass is 311 g/mol. The van der Waals surface area contributed by atoms with E-state index in [2.05, 4.69) is 5.32 Å². The summed E-state index contributed by atoms with van der Waals surface area (Å²) in [5, 5.41) is 2.80. The third-order valence-electron chi connectivity index (χ3n) is 3.49. The van der Waals surface area contributed by atoms with Crippen molar-refractivity contribution in [3.05, 3.63) is 60.2 Å². The highest BCUT2D eigenvalue weighted by Crippen LogP contribution is 2.18. The fourth-order valence-corrected chi connectivity index (χ4v) is 2.17. The number of hydrogen-bond acceptors (Lipinski definition) is 3. The van der Waals surface area contributed by atoms with Crippen molar-refractivity contribution in [3.8, 4) is 5.75 Å². The Kier molecular flexibility index (Phi) is 5.92. The minimum absolute atomic E-state index is 0.113. The number of hydrogen-bond donors (Lipinski definition) is 1. The van der Waals surface area contributed by atoms with Crippen molar-refractivity contribution in [1.82, 2.24) is 0 Å². The van der Waals surface area contributed by atoms with Gasteiger partial charge in [0.2, 0.25) is 0 Å². The molecule has 0 aliphatic carbocycles. The van der Waals surface area contributed by atoms with Crippen molar-refractivity contribution in [2.45, 2.75) is 26.7 Å². The molecular weight excluding hydrogens is 290 g/mol. The van der Waals surface area contributed by atoms with Gasteiger partial charge in [-0.1, -0.05) is 38.5 Å². The van der Waals surface area contributed by atoms with Crippen LogP contribution in [0.5, 0.6) is 5.75 Å². The maximum atomic E-state index is 12.0. The Bertz CT molecular complexity index is 650. The first-order valence-electron chi connectivity index (χ1n) is 7.78. The van der Waals surface area contributed by atoms with Gasteiger partial charge in [0.25, 0.3) is 5.91 Å². The van der Waals surface area contributed by atoms with Crippen LogP contribution in [-0.2, 0) is 4.79 Å². The molecule has 120 valence electrons. The van der Waals surface area contributed by atoms with Crippen LogP contribution in [0.4, 0.5) is 5.69 Å². The first kappa shape index (κ1) is 16.7. The molecule has 0 saturated heterocycles. The average molecular weight is 311 g/mol. The van der Waals surface area contributed by atoms with Gasteiger partial charge in [-0.05, 0) is 42.8 Å². The Morgan fingerprint density at radius 1 is 1.04 bits per heavy atom. The topological polar surface area (TPSA) is 55.4 Å². The van der Waals surface area contributed by atoms with Crippen LogP contribution in [0.3, 0.4) is 0 Å². The lowest BCUT2D eigenvalue weighted by molar-refractivity contribution is -0.138. The summed E-state index contributed by atoms with van der Waals surface area (Å²) < 4.78 is 5.32. The highest BCUT2D eigenvalue weighted by molar-refractivity contribution is 6.04. The van der Waals surface area contributed by atoms with Crippen LogP contribution in [0.15, 0.2) is 54.6 Å². The number of carbonyl (C=O) groups is 2. The lowest BCUT2D eigenvalue weighted by atomic mass is 10.1. The van der Waals surface area contributed by atoms with Crippen molar-refractivity contribution < 1.29 is 14.3 Å². The molecule has 1 N–H and O–H groups in total. The molecule has 2 aromatic rings. The highest BCUT2D eigenvalue weighted by atomic mass is 16.5. The molecule has 0 saturated carbocycles. The van der Waals surface area contributed by atoms with Gasteiger partial charge in [0.1, 0.15) is 5.75 Å². The summed E-state index contributed by atoms with van der Waals surface area (Å²) in [6.07, 6.45) is 1.75. The molecule has 23 heavy (non-hydrogen) atoms. The number of nitrogens with one attached hydrogen (secondary N) is 1. The molecule has 4 nitrogen and oxygen atoms in total. The Morgan fingerprint density at radius 3 is 2.30 bits per heavy atom. The molecular formula is C19H21NO3. The van der Waals surface area contributed by atoms with Crippen LogP contribution in [0, 0.1) is 5.92 Å². The molecule has 0 bridgehead atoms. The minimum atomic E-state index is -0.229. The third kappa shape index (κ3) is 4.95. The van der Waals surface area contributed by atoms with Crippen LogP contribution in [0.1, 0.15) is 37.0 Å². The number of benzene rings is 2. The molecule has 1 amide bonds. The molecule has 0 radical (unpaired) electrons. The van der Waals surface area contributed by atoms with E-state index in [1.54, 1.807) is 36.4 Å². The molecule has 0 spiro atoms. The van der Waals surface area contributed by atoms with Gasteiger partial charge >= 0.3 is 5.97 Å². The number of rotatable bonds is 6. The second-order valence-electron chi connectivity index (χ2n) is 5.46. The van der Waals surface area contributed by atoms with Crippen LogP contribution in [0.25, 0.3) is 0 Å². The molecule has 4 heteroatoms. The van der Waals surface area contributed by atoms with E-state index < -0.39 is 0 Å². The number of carbonyl (C=O) groups excluding carboxylic acids is 2. The molecule has 2 rings (SSSR count). The van der Waals surface area contributed by atoms with Gasteiger partial charge in [-0.25, -0.2) is 0 Å². The van der Waals surface area contributed by atoms with E-state index in [0.717, 1.165) is 12.8 Å². The smallest absolute Gasteiger partial charge is 0.314 e. The summed E-state index contributed by atoms with van der Waals surface area (Å²) in [7, 11) is 0. The van der Waals surface area contributed by atoms with Gasteiger partial charge in [-0.15, -0.1) is 0 Å². The molecule has 1 atom stereocenters. The van der Waals surface area contributed by atoms with Crippen LogP contribution < -0.4 is 10.1 Å². The first-order chi connectivity index (χ1) is 11.1. The Hall–Kier alpha value is -2.62. The summed E-state index contributed by atoms with van der Waals surface area (Å²) in [6.45, 7) is 3.90. The summed E-state index contributed by atoms with van der Waals surface area (Å²) >= 11 is 0. The average Bonchev–Trinajstić information content (AvgIpc) is 2.57. The Labute approximate surface area is 136 Å². The molecule has 0 aliphatic rings. The van der Waals surface area contributed by atoms with Gasteiger partial charge in [0.05, 0.1) is 5.92 Å². The zero-order valence-corrected chi connectivity index (χ0v) is 13.4. The molecule has 1 unspecified atom stereocenters. The van der Waals surface area contributed by atoms with E-state index in [-0.39, 0.29) is 17.8 Å². The third-order valence-corrected chi connectivity index (χ3v) is 3.49. The lowest BCUT2D eigenvalue weighted by Crippen LogP contribution is -2.17. The SMILES string of the molecule is CCCC(C)C(=O)Oc1ccc(NC(=O)c2ccccc2)cc1. The van der Waals surface area contributed by atoms with Crippen LogP contribution >= 0.6 is 0 Å². The van der Waals surface area contributed by atoms with Crippen molar-refractivity contribution in [1.29, 1.82) is 0 Å². The quantitative estimate of drug-likeness (QED) is 0.640. The maximum absolute atomic E-state index is 12.0. The van der Waals surface area contributed by atoms with E-state index in [1.807, 2.05) is 32.0 Å². The fourth-order valence-electron chi connectivity index (χ4n) is 2.17. The van der Waals surface area contributed by atoms with Gasteiger partial charge in [0, 0.05) is 11.3 Å². The van der Waals surface area contributed by atoms with Gasteiger partial charge < -0.3 is 10.1 Å². The highest BCUT2D eigenvalue weighted by Gasteiger charge is 2.14. The minimum Gasteiger partial charge on any atom is -0.426 e. The van der Waals surface area contributed by atoms with E-state index in [9.17, 15) is 9.59 Å². The van der Waals surface area contributed by atoms with Crippen molar-refractivity contribution in [3.63, 3.8) is 0 Å². The van der Waals surface area contributed by atoms with Crippen molar-refractivity contribution in [2.24, 2.45) is 5.92 Å². The van der Waals surface area contributed by atoms with E-state index in [0.29, 0.717) is 17.0 Å². The molecule has 0 heterocycles. The number of ether oxygens (including phenoxy) is 1. The first-order valence-corrected chi connectivity index (χ1v) is 7.78. The molecule has 0 aromatic heterocycles. The summed E-state index contributed by atoms with van der Waals surface area (Å²) in [5.74, 6) is -0.0343. The van der Waals surface area contributed by atoms with Crippen LogP contribution in [-0.4, -0.2) is 11.9 Å². The zero-order valence-electron chi connectivity index (χ0n) is 13.4. The number of anilines is 1. The van der Waals surface area contributed by atoms with Gasteiger partial charge in [-0.3, -0.25) is 9.59 Å². The number of amides is 1. The fraction of sp³-hybridized carbons (Fsp3) is 0.263. The van der Waals surface area contributed by atoms with Gasteiger partial charge in [0.15, 0.2) is 0 Å². The summed E-state index contributed by atoms with van der Waals surface area (Å²) in [4.78, 5) is 23.9. The molecule has 0 fully saturated rings. The standard InChI is InChI=1S/C19H21NO3/c1-3-7-14(2)19(22)23-17-12-10-16(11-13-17)20-18(21)15-8-5-4-6-9-15/h4-6,8-14H,3,7H2,1-2H3,(H,20,21). The number of esters is 1. The largest absolute Gasteiger partial charge is 0.426 e. The molecule has 2 aromatic carbocycles. The summed E-state index contributed by atoms with van der Waals surface area (Å²) in [5.41, 5.74) is 1.25. The van der Waals surface area contributed by atoms with Gasteiger partial charge in [-0.2, -0.15) is 0 Å². The zero-order chi connectivity index (χ0) is 16.7. The second kappa shape index (κ2) is 8.13. The van der Waals surface area contributed by atoms with E-state index in [1.165, 1.54) is 0 Å². The summed E-state index contributed by atoms with van der Waals surface area (Å²) in [6, 6.07) is 15.8. The maximum Gasteiger partial charge on any atom is 0.314 e. The van der Waals surface area contributed by atoms with Crippen molar-refractivity contribution >= 4 is 17.6 Å². The van der Waals surface area contributed by atoms with E-state index in [4.69, 9.17) is 4.74 Å². The van der Waals surface area contributed by atoms with Crippen LogP contribution in [0.2, 0.25) is 0 Å². The van der Waals surface area contributed by atoms with E-state index >= 15 is 0 Å². The predicted octanol–water partition coefficient (Wildman–Crippen LogP) is 4.28. The lowest BCUT2D eigenvalue weighted by Gasteiger charge is -2.11. The van der Waals surface area contributed by atoms with Crippen molar-refractivity contribution in [2.75, 3.05) is 5.32 Å². The second-order valence-corrected chi connectivity index (χ2v) is 5.46. The Morgan fingerprint density at radius 2 is 1.70 bits per heavy atom. The predicted molar refractivity (Wildman–Crippen MR) is 90.5 cm³/mol. The normalized spacial score (nSPS) is 11.6. The Balaban J connectivity index is 1.94.